The van der Waals surface area contributed by atoms with Crippen LogP contribution in [0.4, 0.5) is 0 Å². The number of hydrogen-bond acceptors (Lipinski definition) is 6. The summed E-state index contributed by atoms with van der Waals surface area (Å²) >= 11 is 0. The summed E-state index contributed by atoms with van der Waals surface area (Å²) in [6.07, 6.45) is 0.296. The quantitative estimate of drug-likeness (QED) is 0.276. The molecule has 160 valence electrons. The molecule has 0 aliphatic carbocycles. The van der Waals surface area contributed by atoms with Gasteiger partial charge in [0.1, 0.15) is 17.8 Å². The maximum Gasteiger partial charge on any atom is 0.326 e. The van der Waals surface area contributed by atoms with Crippen LogP contribution in [0.5, 0.6) is 5.75 Å². The number of benzene rings is 1. The minimum absolute atomic E-state index is 0.0352. The second-order valence-corrected chi connectivity index (χ2v) is 7.00. The Kier molecular flexibility index (Phi) is 9.60. The van der Waals surface area contributed by atoms with Gasteiger partial charge >= 0.3 is 5.97 Å². The van der Waals surface area contributed by atoms with Crippen molar-refractivity contribution in [2.75, 3.05) is 13.1 Å². The summed E-state index contributed by atoms with van der Waals surface area (Å²) < 4.78 is 0. The highest BCUT2D eigenvalue weighted by molar-refractivity contribution is 5.92. The van der Waals surface area contributed by atoms with Crippen molar-refractivity contribution in [2.45, 2.75) is 38.8 Å². The van der Waals surface area contributed by atoms with Gasteiger partial charge in [-0.1, -0.05) is 26.0 Å². The second kappa shape index (κ2) is 11.6. The Hall–Kier alpha value is -3.14. The number of phenolic OH excluding ortho intramolecular Hbond substituents is 1. The van der Waals surface area contributed by atoms with Crippen LogP contribution >= 0.6 is 0 Å². The van der Waals surface area contributed by atoms with E-state index >= 15 is 0 Å². The third kappa shape index (κ3) is 9.06. The van der Waals surface area contributed by atoms with E-state index < -0.39 is 35.8 Å². The molecule has 2 unspecified atom stereocenters. The first-order valence-corrected chi connectivity index (χ1v) is 9.19. The van der Waals surface area contributed by atoms with E-state index in [1.54, 1.807) is 12.1 Å². The number of carboxylic acid groups (broad SMARTS) is 1. The van der Waals surface area contributed by atoms with E-state index in [9.17, 15) is 29.4 Å². The van der Waals surface area contributed by atoms with Crippen molar-refractivity contribution in [1.29, 1.82) is 0 Å². The number of carboxylic acids is 1. The number of aliphatic carboxylic acids is 1. The molecule has 29 heavy (non-hydrogen) atoms. The molecule has 1 aromatic rings. The van der Waals surface area contributed by atoms with Gasteiger partial charge in [0.2, 0.25) is 17.7 Å². The molecule has 0 aliphatic rings. The molecule has 0 bridgehead atoms. The molecule has 10 nitrogen and oxygen atoms in total. The topological polar surface area (TPSA) is 171 Å². The number of nitrogens with one attached hydrogen (secondary N) is 3. The van der Waals surface area contributed by atoms with Gasteiger partial charge in [-0.2, -0.15) is 0 Å². The number of carbonyl (C=O) groups is 4. The minimum atomic E-state index is -1.17. The van der Waals surface area contributed by atoms with Crippen molar-refractivity contribution in [3.8, 4) is 5.75 Å². The average molecular weight is 408 g/mol. The fourth-order valence-corrected chi connectivity index (χ4v) is 2.54. The molecule has 7 N–H and O–H groups in total. The molecular formula is C19H28N4O6. The third-order valence-electron chi connectivity index (χ3n) is 3.98. The van der Waals surface area contributed by atoms with Gasteiger partial charge in [0.15, 0.2) is 0 Å². The number of rotatable bonds is 11. The number of amides is 3. The van der Waals surface area contributed by atoms with E-state index in [1.807, 2.05) is 13.8 Å². The van der Waals surface area contributed by atoms with E-state index in [2.05, 4.69) is 16.0 Å². The molecule has 2 atom stereocenters. The molecule has 0 spiro atoms. The maximum absolute atomic E-state index is 12.7. The predicted molar refractivity (Wildman–Crippen MR) is 105 cm³/mol. The third-order valence-corrected chi connectivity index (χ3v) is 3.98. The number of nitrogens with two attached hydrogens (primary N) is 1. The molecule has 0 aliphatic heterocycles. The fourth-order valence-electron chi connectivity index (χ4n) is 2.54. The zero-order chi connectivity index (χ0) is 22.0. The normalized spacial score (nSPS) is 12.7. The lowest BCUT2D eigenvalue weighted by Gasteiger charge is -2.22. The van der Waals surface area contributed by atoms with Crippen molar-refractivity contribution < 1.29 is 29.4 Å². The standard InChI is InChI=1S/C19H28N4O6/c1-11(2)7-15(19(28)29)23-18(27)14(8-12-3-5-13(24)6-4-12)22-17(26)10-21-16(25)9-20/h3-6,11,14-15,24H,7-10,20H2,1-2H3,(H,21,25)(H,22,26)(H,23,27)(H,28,29). The van der Waals surface area contributed by atoms with E-state index in [0.29, 0.717) is 5.56 Å². The predicted octanol–water partition coefficient (Wildman–Crippen LogP) is -0.890. The van der Waals surface area contributed by atoms with Crippen molar-refractivity contribution in [2.24, 2.45) is 11.7 Å². The first kappa shape index (κ1) is 23.9. The highest BCUT2D eigenvalue weighted by atomic mass is 16.4. The Morgan fingerprint density at radius 2 is 1.62 bits per heavy atom. The molecule has 0 heterocycles. The number of phenols is 1. The maximum atomic E-state index is 12.7. The van der Waals surface area contributed by atoms with Gasteiger partial charge in [0.05, 0.1) is 13.1 Å². The zero-order valence-corrected chi connectivity index (χ0v) is 16.5. The van der Waals surface area contributed by atoms with Crippen molar-refractivity contribution in [3.05, 3.63) is 29.8 Å². The fraction of sp³-hybridized carbons (Fsp3) is 0.474. The van der Waals surface area contributed by atoms with Crippen LogP contribution in [0.15, 0.2) is 24.3 Å². The van der Waals surface area contributed by atoms with Crippen LogP contribution in [-0.2, 0) is 25.6 Å². The van der Waals surface area contributed by atoms with E-state index in [-0.39, 0.29) is 37.6 Å². The van der Waals surface area contributed by atoms with Crippen molar-refractivity contribution in [1.82, 2.24) is 16.0 Å². The van der Waals surface area contributed by atoms with Gasteiger partial charge in [-0.25, -0.2) is 4.79 Å². The van der Waals surface area contributed by atoms with Crippen LogP contribution in [-0.4, -0.2) is 59.1 Å². The SMILES string of the molecule is CC(C)CC(NC(=O)C(Cc1ccc(O)cc1)NC(=O)CNC(=O)CN)C(=O)O. The first-order valence-electron chi connectivity index (χ1n) is 9.19. The van der Waals surface area contributed by atoms with E-state index in [1.165, 1.54) is 12.1 Å². The largest absolute Gasteiger partial charge is 0.508 e. The van der Waals surface area contributed by atoms with Gasteiger partial charge in [0, 0.05) is 6.42 Å². The van der Waals surface area contributed by atoms with Gasteiger partial charge in [-0.15, -0.1) is 0 Å². The molecular weight excluding hydrogens is 380 g/mol. The molecule has 10 heteroatoms. The second-order valence-electron chi connectivity index (χ2n) is 7.00. The highest BCUT2D eigenvalue weighted by Gasteiger charge is 2.27. The van der Waals surface area contributed by atoms with Crippen LogP contribution in [0.3, 0.4) is 0 Å². The molecule has 3 amide bonds. The Balaban J connectivity index is 2.90. The summed E-state index contributed by atoms with van der Waals surface area (Å²) in [5, 5.41) is 26.0. The molecule has 1 aromatic carbocycles. The van der Waals surface area contributed by atoms with Crippen molar-refractivity contribution in [3.63, 3.8) is 0 Å². The molecule has 0 saturated heterocycles. The Bertz CT molecular complexity index is 720. The summed E-state index contributed by atoms with van der Waals surface area (Å²) in [5.74, 6) is -2.90. The smallest absolute Gasteiger partial charge is 0.326 e. The minimum Gasteiger partial charge on any atom is -0.508 e. The summed E-state index contributed by atoms with van der Waals surface area (Å²) in [6, 6.07) is 3.87. The molecule has 1 rings (SSSR count). The van der Waals surface area contributed by atoms with E-state index in [4.69, 9.17) is 5.73 Å². The van der Waals surface area contributed by atoms with Crippen LogP contribution in [0.1, 0.15) is 25.8 Å². The Morgan fingerprint density at radius 3 is 2.14 bits per heavy atom. The highest BCUT2D eigenvalue weighted by Crippen LogP contribution is 2.12. The van der Waals surface area contributed by atoms with Crippen LogP contribution in [0.25, 0.3) is 0 Å². The van der Waals surface area contributed by atoms with Crippen LogP contribution in [0.2, 0.25) is 0 Å². The lowest BCUT2D eigenvalue weighted by atomic mass is 10.0. The molecule has 0 fully saturated rings. The monoisotopic (exact) mass is 408 g/mol. The van der Waals surface area contributed by atoms with Gasteiger partial charge in [-0.05, 0) is 30.0 Å². The van der Waals surface area contributed by atoms with Crippen LogP contribution < -0.4 is 21.7 Å². The van der Waals surface area contributed by atoms with Gasteiger partial charge < -0.3 is 31.9 Å². The van der Waals surface area contributed by atoms with Gasteiger partial charge in [0.25, 0.3) is 0 Å². The lowest BCUT2D eigenvalue weighted by molar-refractivity contribution is -0.142. The number of aromatic hydroxyl groups is 1. The Labute approximate surface area is 168 Å². The molecule has 0 radical (unpaired) electrons. The number of carbonyl (C=O) groups excluding carboxylic acids is 3. The first-order chi connectivity index (χ1) is 13.6. The molecule has 0 aromatic heterocycles. The van der Waals surface area contributed by atoms with Gasteiger partial charge in [-0.3, -0.25) is 14.4 Å². The zero-order valence-electron chi connectivity index (χ0n) is 16.5. The molecule has 0 saturated carbocycles. The van der Waals surface area contributed by atoms with Crippen molar-refractivity contribution >= 4 is 23.7 Å². The average Bonchev–Trinajstić information content (AvgIpc) is 2.66. The summed E-state index contributed by atoms with van der Waals surface area (Å²) in [7, 11) is 0. The van der Waals surface area contributed by atoms with E-state index in [0.717, 1.165) is 0 Å². The Morgan fingerprint density at radius 1 is 1.00 bits per heavy atom. The lowest BCUT2D eigenvalue weighted by Crippen LogP contribution is -2.54. The number of hydrogen-bond donors (Lipinski definition) is 6. The summed E-state index contributed by atoms with van der Waals surface area (Å²) in [6.45, 7) is 3.01. The summed E-state index contributed by atoms with van der Waals surface area (Å²) in [4.78, 5) is 47.4. The van der Waals surface area contributed by atoms with Crippen LogP contribution in [0, 0.1) is 5.92 Å². The summed E-state index contributed by atoms with van der Waals surface area (Å²) in [5.41, 5.74) is 5.80.